The van der Waals surface area contributed by atoms with Gasteiger partial charge in [-0.15, -0.1) is 0 Å². The van der Waals surface area contributed by atoms with Gasteiger partial charge >= 0.3 is 0 Å². The van der Waals surface area contributed by atoms with Crippen molar-refractivity contribution in [2.24, 2.45) is 22.0 Å². The molecule has 0 aromatic heterocycles. The Balaban J connectivity index is 4.27. The van der Waals surface area contributed by atoms with Gasteiger partial charge in [0, 0.05) is 18.7 Å². The molecular formula is C4H18N6O2P2S. The molecule has 9 N–H and O–H groups in total. The Bertz CT molecular complexity index is 276. The second-order valence-corrected chi connectivity index (χ2v) is 7.86. The average Bonchev–Trinajstić information content (AvgIpc) is 1.99. The maximum Gasteiger partial charge on any atom is 0.286 e. The molecule has 11 heteroatoms. The molecule has 0 fully saturated rings. The van der Waals surface area contributed by atoms with E-state index in [0.717, 1.165) is 25.0 Å². The highest BCUT2D eigenvalue weighted by atomic mass is 32.2. The summed E-state index contributed by atoms with van der Waals surface area (Å²) < 4.78 is 25.8. The van der Waals surface area contributed by atoms with Crippen molar-refractivity contribution >= 4 is 27.3 Å². The number of nitrogens with zero attached hydrogens (tertiary/aromatic N) is 1. The van der Waals surface area contributed by atoms with Gasteiger partial charge in [-0.2, -0.15) is 8.57 Å². The lowest BCUT2D eigenvalue weighted by atomic mass is 10.3. The number of rotatable bonds is 7. The molecule has 0 radical (unpaired) electrons. The van der Waals surface area contributed by atoms with Crippen LogP contribution in [0.25, 0.3) is 0 Å². The number of hydrogen-bond donors (Lipinski definition) is 5. The van der Waals surface area contributed by atoms with Gasteiger partial charge in [0.1, 0.15) is 0 Å². The van der Waals surface area contributed by atoms with E-state index in [2.05, 4.69) is 4.49 Å². The summed E-state index contributed by atoms with van der Waals surface area (Å²) in [7, 11) is -6.77. The molecular weight excluding hydrogens is 258 g/mol. The minimum absolute atomic E-state index is 0.401. The third-order valence-electron chi connectivity index (χ3n) is 1.34. The van der Waals surface area contributed by atoms with Gasteiger partial charge in [0.15, 0.2) is 0 Å². The van der Waals surface area contributed by atoms with Gasteiger partial charge in [-0.3, -0.25) is 31.1 Å². The van der Waals surface area contributed by atoms with Crippen LogP contribution >= 0.6 is 27.3 Å². The van der Waals surface area contributed by atoms with Crippen LogP contribution in [0.3, 0.4) is 0 Å². The number of nitrogens with two attached hydrogens (primary N) is 4. The second-order valence-electron chi connectivity index (χ2n) is 2.99. The Hall–Kier alpha value is 0.570. The molecule has 8 nitrogen and oxygen atoms in total. The molecule has 92 valence electrons. The van der Waals surface area contributed by atoms with Crippen LogP contribution in [0.4, 0.5) is 0 Å². The van der Waals surface area contributed by atoms with Crippen molar-refractivity contribution in [3.8, 4) is 0 Å². The molecule has 0 unspecified atom stereocenters. The van der Waals surface area contributed by atoms with Crippen LogP contribution in [0, 0.1) is 0 Å². The van der Waals surface area contributed by atoms with Gasteiger partial charge in [0.05, 0.1) is 0 Å². The van der Waals surface area contributed by atoms with E-state index in [1.54, 1.807) is 0 Å². The largest absolute Gasteiger partial charge is 0.286 e. The van der Waals surface area contributed by atoms with Crippen LogP contribution in [-0.4, -0.2) is 10.6 Å². The monoisotopic (exact) mass is 276 g/mol. The Morgan fingerprint density at radius 2 is 1.80 bits per heavy atom. The molecule has 0 rings (SSSR count). The summed E-state index contributed by atoms with van der Waals surface area (Å²) in [5, 5.41) is 0. The topological polar surface area (TPSA) is 153 Å². The standard InChI is InChI=1S/C4H18N6O2P2S/c1-2-3-4-10(14(7,8)12)15-9-13(5,6)11/h2-4H2,1H3,(H4,7,8,12)(H5,5,6,9,11). The van der Waals surface area contributed by atoms with E-state index < -0.39 is 15.2 Å². The maximum absolute atomic E-state index is 11.4. The SMILES string of the molecule is CCCCN(SNP(N)(N)=O)P(N)(N)=O. The maximum atomic E-state index is 11.4. The summed E-state index contributed by atoms with van der Waals surface area (Å²) >= 11 is 0.732. The zero-order valence-electron chi connectivity index (χ0n) is 8.50. The Morgan fingerprint density at radius 1 is 1.27 bits per heavy atom. The summed E-state index contributed by atoms with van der Waals surface area (Å²) in [6.45, 7) is 2.36. The summed E-state index contributed by atoms with van der Waals surface area (Å²) in [5.74, 6) is 0. The Labute approximate surface area is 93.8 Å². The van der Waals surface area contributed by atoms with Gasteiger partial charge in [-0.05, 0) is 6.42 Å². The van der Waals surface area contributed by atoms with Crippen LogP contribution < -0.4 is 26.5 Å². The van der Waals surface area contributed by atoms with Crippen molar-refractivity contribution in [1.82, 2.24) is 8.57 Å². The average molecular weight is 276 g/mol. The number of nitrogens with one attached hydrogen (secondary N) is 1. The smallest absolute Gasteiger partial charge is 0.271 e. The lowest BCUT2D eigenvalue weighted by molar-refractivity contribution is 0.527. The molecule has 0 saturated heterocycles. The molecule has 0 atom stereocenters. The molecule has 0 aromatic carbocycles. The first-order valence-electron chi connectivity index (χ1n) is 4.23. The van der Waals surface area contributed by atoms with Crippen LogP contribution in [-0.2, 0) is 9.13 Å². The fraction of sp³-hybridized carbons (Fsp3) is 1.00. The molecule has 0 aliphatic rings. The first kappa shape index (κ1) is 15.6. The normalized spacial score (nSPS) is 13.5. The lowest BCUT2D eigenvalue weighted by Gasteiger charge is -2.24. The molecule has 0 spiro atoms. The molecule has 0 aliphatic carbocycles. The van der Waals surface area contributed by atoms with E-state index in [-0.39, 0.29) is 0 Å². The first-order valence-corrected chi connectivity index (χ1v) is 8.65. The highest BCUT2D eigenvalue weighted by Crippen LogP contribution is 2.39. The van der Waals surface area contributed by atoms with Gasteiger partial charge in [-0.25, -0.2) is 0 Å². The fourth-order valence-electron chi connectivity index (χ4n) is 0.670. The summed E-state index contributed by atoms with van der Waals surface area (Å²) in [6, 6.07) is 0. The van der Waals surface area contributed by atoms with Crippen molar-refractivity contribution in [2.45, 2.75) is 19.8 Å². The van der Waals surface area contributed by atoms with E-state index in [1.807, 2.05) is 6.92 Å². The van der Waals surface area contributed by atoms with Crippen molar-refractivity contribution < 1.29 is 9.13 Å². The molecule has 15 heavy (non-hydrogen) atoms. The van der Waals surface area contributed by atoms with Gasteiger partial charge in [0.25, 0.3) is 15.2 Å². The minimum Gasteiger partial charge on any atom is -0.271 e. The van der Waals surface area contributed by atoms with E-state index in [0.29, 0.717) is 6.54 Å². The predicted octanol–water partition coefficient (Wildman–Crippen LogP) is 0.292. The van der Waals surface area contributed by atoms with Crippen molar-refractivity contribution in [3.05, 3.63) is 0 Å². The number of unbranched alkanes of at least 4 members (excludes halogenated alkanes) is 1. The van der Waals surface area contributed by atoms with Crippen molar-refractivity contribution in [2.75, 3.05) is 6.54 Å². The van der Waals surface area contributed by atoms with Crippen LogP contribution in [0.2, 0.25) is 0 Å². The second kappa shape index (κ2) is 6.34. The third-order valence-corrected chi connectivity index (χ3v) is 5.11. The molecule has 0 aromatic rings. The summed E-state index contributed by atoms with van der Waals surface area (Å²) in [6.07, 6.45) is 1.65. The highest BCUT2D eigenvalue weighted by Gasteiger charge is 2.23. The highest BCUT2D eigenvalue weighted by molar-refractivity contribution is 8.04. The van der Waals surface area contributed by atoms with Crippen molar-refractivity contribution in [3.63, 3.8) is 0 Å². The zero-order valence-corrected chi connectivity index (χ0v) is 11.1. The lowest BCUT2D eigenvalue weighted by Crippen LogP contribution is -2.28. The Morgan fingerprint density at radius 3 is 2.13 bits per heavy atom. The van der Waals surface area contributed by atoms with E-state index in [1.165, 1.54) is 4.08 Å². The Kier molecular flexibility index (Phi) is 6.58. The number of hydrogen-bond acceptors (Lipinski definition) is 3. The van der Waals surface area contributed by atoms with Gasteiger partial charge < -0.3 is 0 Å². The van der Waals surface area contributed by atoms with Gasteiger partial charge in [0.2, 0.25) is 0 Å². The van der Waals surface area contributed by atoms with Crippen LogP contribution in [0.5, 0.6) is 0 Å². The molecule has 0 aliphatic heterocycles. The van der Waals surface area contributed by atoms with Crippen molar-refractivity contribution in [1.29, 1.82) is 0 Å². The van der Waals surface area contributed by atoms with E-state index in [9.17, 15) is 9.13 Å². The fourth-order valence-corrected chi connectivity index (χ4v) is 3.07. The zero-order chi connectivity index (χ0) is 12.1. The first-order chi connectivity index (χ1) is 6.67. The molecule has 0 amide bonds. The van der Waals surface area contributed by atoms with E-state index >= 15 is 0 Å². The quantitative estimate of drug-likeness (QED) is 0.326. The summed E-state index contributed by atoms with van der Waals surface area (Å²) in [5.41, 5.74) is 20.7. The predicted molar refractivity (Wildman–Crippen MR) is 64.3 cm³/mol. The van der Waals surface area contributed by atoms with E-state index in [4.69, 9.17) is 22.0 Å². The molecule has 0 heterocycles. The van der Waals surface area contributed by atoms with Gasteiger partial charge in [-0.1, -0.05) is 13.3 Å². The van der Waals surface area contributed by atoms with Crippen LogP contribution in [0.1, 0.15) is 19.8 Å². The van der Waals surface area contributed by atoms with Crippen LogP contribution in [0.15, 0.2) is 0 Å². The molecule has 0 saturated carbocycles. The summed E-state index contributed by atoms with van der Waals surface area (Å²) in [4.78, 5) is 0. The third kappa shape index (κ3) is 8.38. The minimum atomic E-state index is -3.39. The molecule has 0 bridgehead atoms.